The summed E-state index contributed by atoms with van der Waals surface area (Å²) in [5.41, 5.74) is 1.27. The highest BCUT2D eigenvalue weighted by Crippen LogP contribution is 2.35. The molecule has 1 fully saturated rings. The van der Waals surface area contributed by atoms with Gasteiger partial charge in [-0.05, 0) is 47.4 Å². The molecule has 1 unspecified atom stereocenters. The fourth-order valence-corrected chi connectivity index (χ4v) is 4.48. The smallest absolute Gasteiger partial charge is 0.133 e. The molecular weight excluding hydrogens is 316 g/mol. The first-order chi connectivity index (χ1) is 8.33. The van der Waals surface area contributed by atoms with Crippen LogP contribution in [0, 0.1) is 0 Å². The standard InChI is InChI=1S/C12H13BrN2S2/c13-11-4-3-10(17-11)12-15-9(7-16-12)8-2-1-5-14-6-8/h3-4,7-8,14H,1-2,5-6H2. The molecule has 2 aromatic heterocycles. The van der Waals surface area contributed by atoms with E-state index in [1.165, 1.54) is 27.2 Å². The van der Waals surface area contributed by atoms with Gasteiger partial charge in [0.25, 0.3) is 0 Å². The van der Waals surface area contributed by atoms with Gasteiger partial charge in [0.1, 0.15) is 5.01 Å². The SMILES string of the molecule is Brc1ccc(-c2nc(C3CCCNC3)cs2)s1. The van der Waals surface area contributed by atoms with Gasteiger partial charge in [0.15, 0.2) is 0 Å². The molecule has 0 saturated carbocycles. The zero-order valence-electron chi connectivity index (χ0n) is 9.28. The second-order valence-electron chi connectivity index (χ2n) is 4.22. The summed E-state index contributed by atoms with van der Waals surface area (Å²) in [6.07, 6.45) is 2.53. The molecular formula is C12H13BrN2S2. The minimum absolute atomic E-state index is 0.608. The second kappa shape index (κ2) is 5.18. The summed E-state index contributed by atoms with van der Waals surface area (Å²) >= 11 is 7.01. The van der Waals surface area contributed by atoms with E-state index in [4.69, 9.17) is 4.98 Å². The topological polar surface area (TPSA) is 24.9 Å². The monoisotopic (exact) mass is 328 g/mol. The van der Waals surface area contributed by atoms with Crippen LogP contribution in [0.5, 0.6) is 0 Å². The summed E-state index contributed by atoms with van der Waals surface area (Å²) in [6, 6.07) is 4.22. The zero-order chi connectivity index (χ0) is 11.7. The molecule has 1 N–H and O–H groups in total. The van der Waals surface area contributed by atoms with E-state index < -0.39 is 0 Å². The molecule has 1 aliphatic heterocycles. The largest absolute Gasteiger partial charge is 0.316 e. The lowest BCUT2D eigenvalue weighted by molar-refractivity contribution is 0.456. The Kier molecular flexibility index (Phi) is 3.61. The molecule has 1 aliphatic rings. The van der Waals surface area contributed by atoms with Crippen LogP contribution in [0.2, 0.25) is 0 Å². The van der Waals surface area contributed by atoms with Crippen LogP contribution < -0.4 is 5.32 Å². The van der Waals surface area contributed by atoms with Crippen molar-refractivity contribution in [2.75, 3.05) is 13.1 Å². The number of nitrogens with zero attached hydrogens (tertiary/aromatic N) is 1. The van der Waals surface area contributed by atoms with Crippen LogP contribution in [0.4, 0.5) is 0 Å². The van der Waals surface area contributed by atoms with Crippen molar-refractivity contribution in [1.29, 1.82) is 0 Å². The van der Waals surface area contributed by atoms with Crippen LogP contribution in [0.15, 0.2) is 21.3 Å². The van der Waals surface area contributed by atoms with Crippen LogP contribution in [0.1, 0.15) is 24.5 Å². The lowest BCUT2D eigenvalue weighted by atomic mass is 9.97. The van der Waals surface area contributed by atoms with Gasteiger partial charge >= 0.3 is 0 Å². The lowest BCUT2D eigenvalue weighted by Gasteiger charge is -2.20. The number of halogens is 1. The van der Waals surface area contributed by atoms with Crippen molar-refractivity contribution in [3.05, 3.63) is 27.0 Å². The minimum Gasteiger partial charge on any atom is -0.316 e. The first-order valence-corrected chi connectivity index (χ1v) is 8.24. The molecule has 0 bridgehead atoms. The summed E-state index contributed by atoms with van der Waals surface area (Å²) in [5.74, 6) is 0.608. The van der Waals surface area contributed by atoms with Gasteiger partial charge in [-0.25, -0.2) is 4.98 Å². The molecule has 0 radical (unpaired) electrons. The van der Waals surface area contributed by atoms with E-state index in [1.807, 2.05) is 0 Å². The molecule has 0 aromatic carbocycles. The molecule has 3 heterocycles. The van der Waals surface area contributed by atoms with E-state index in [0.29, 0.717) is 5.92 Å². The first-order valence-electron chi connectivity index (χ1n) is 5.75. The van der Waals surface area contributed by atoms with Gasteiger partial charge in [0.2, 0.25) is 0 Å². The minimum atomic E-state index is 0.608. The van der Waals surface area contributed by atoms with E-state index in [2.05, 4.69) is 38.8 Å². The number of thiophene rings is 1. The third-order valence-electron chi connectivity index (χ3n) is 3.02. The average molecular weight is 329 g/mol. The van der Waals surface area contributed by atoms with E-state index >= 15 is 0 Å². The molecule has 2 nitrogen and oxygen atoms in total. The van der Waals surface area contributed by atoms with E-state index in [-0.39, 0.29) is 0 Å². The van der Waals surface area contributed by atoms with Crippen molar-refractivity contribution in [1.82, 2.24) is 10.3 Å². The molecule has 90 valence electrons. The highest BCUT2D eigenvalue weighted by molar-refractivity contribution is 9.11. The molecule has 0 aliphatic carbocycles. The lowest BCUT2D eigenvalue weighted by Crippen LogP contribution is -2.28. The van der Waals surface area contributed by atoms with Gasteiger partial charge in [0, 0.05) is 17.8 Å². The summed E-state index contributed by atoms with van der Waals surface area (Å²) in [4.78, 5) is 6.05. The van der Waals surface area contributed by atoms with Crippen LogP contribution in [0.3, 0.4) is 0 Å². The van der Waals surface area contributed by atoms with E-state index in [1.54, 1.807) is 22.7 Å². The number of rotatable bonds is 2. The molecule has 3 rings (SSSR count). The number of hydrogen-bond donors (Lipinski definition) is 1. The van der Waals surface area contributed by atoms with E-state index in [0.717, 1.165) is 18.1 Å². The average Bonchev–Trinajstić information content (AvgIpc) is 2.98. The number of nitrogens with one attached hydrogen (secondary N) is 1. The van der Waals surface area contributed by atoms with E-state index in [9.17, 15) is 0 Å². The quantitative estimate of drug-likeness (QED) is 0.897. The maximum absolute atomic E-state index is 4.79. The maximum Gasteiger partial charge on any atom is 0.133 e. The van der Waals surface area contributed by atoms with Crippen LogP contribution in [-0.2, 0) is 0 Å². The van der Waals surface area contributed by atoms with Crippen LogP contribution in [0.25, 0.3) is 9.88 Å². The molecule has 5 heteroatoms. The van der Waals surface area contributed by atoms with Crippen molar-refractivity contribution in [3.63, 3.8) is 0 Å². The number of aromatic nitrogens is 1. The first kappa shape index (κ1) is 11.8. The highest BCUT2D eigenvalue weighted by atomic mass is 79.9. The van der Waals surface area contributed by atoms with Crippen LogP contribution in [-0.4, -0.2) is 18.1 Å². The summed E-state index contributed by atoms with van der Waals surface area (Å²) in [5, 5.41) is 6.82. The maximum atomic E-state index is 4.79. The molecule has 2 aromatic rings. The fraction of sp³-hybridized carbons (Fsp3) is 0.417. The van der Waals surface area contributed by atoms with Crippen LogP contribution >= 0.6 is 38.6 Å². The number of thiazole rings is 1. The Labute approximate surface area is 117 Å². The van der Waals surface area contributed by atoms with Gasteiger partial charge in [-0.2, -0.15) is 0 Å². The summed E-state index contributed by atoms with van der Waals surface area (Å²) in [6.45, 7) is 2.24. The Bertz CT molecular complexity index is 500. The summed E-state index contributed by atoms with van der Waals surface area (Å²) < 4.78 is 1.17. The summed E-state index contributed by atoms with van der Waals surface area (Å²) in [7, 11) is 0. The Morgan fingerprint density at radius 3 is 3.06 bits per heavy atom. The third kappa shape index (κ3) is 2.62. The van der Waals surface area contributed by atoms with Crippen molar-refractivity contribution in [3.8, 4) is 9.88 Å². The van der Waals surface area contributed by atoms with Crippen molar-refractivity contribution in [2.24, 2.45) is 0 Å². The Morgan fingerprint density at radius 1 is 1.41 bits per heavy atom. The van der Waals surface area contributed by atoms with Crippen molar-refractivity contribution in [2.45, 2.75) is 18.8 Å². The number of hydrogen-bond acceptors (Lipinski definition) is 4. The predicted molar refractivity (Wildman–Crippen MR) is 78.0 cm³/mol. The van der Waals surface area contributed by atoms with Gasteiger partial charge in [-0.15, -0.1) is 22.7 Å². The zero-order valence-corrected chi connectivity index (χ0v) is 12.5. The second-order valence-corrected chi connectivity index (χ2v) is 7.55. The predicted octanol–water partition coefficient (Wildman–Crippen LogP) is 4.10. The normalized spacial score (nSPS) is 20.6. The molecule has 1 atom stereocenters. The highest BCUT2D eigenvalue weighted by Gasteiger charge is 2.18. The van der Waals surface area contributed by atoms with Gasteiger partial charge in [-0.1, -0.05) is 0 Å². The van der Waals surface area contributed by atoms with Gasteiger partial charge < -0.3 is 5.32 Å². The van der Waals surface area contributed by atoms with Gasteiger partial charge in [-0.3, -0.25) is 0 Å². The fourth-order valence-electron chi connectivity index (χ4n) is 2.12. The molecule has 0 amide bonds. The van der Waals surface area contributed by atoms with Gasteiger partial charge in [0.05, 0.1) is 14.4 Å². The molecule has 17 heavy (non-hydrogen) atoms. The third-order valence-corrected chi connectivity index (χ3v) is 5.67. The molecule has 0 spiro atoms. The number of piperidine rings is 1. The molecule has 1 saturated heterocycles. The van der Waals surface area contributed by atoms with Crippen molar-refractivity contribution < 1.29 is 0 Å². The van der Waals surface area contributed by atoms with Crippen molar-refractivity contribution >= 4 is 38.6 Å². The Morgan fingerprint density at radius 2 is 2.35 bits per heavy atom. The Balaban J connectivity index is 1.82. The Hall–Kier alpha value is -0.230.